The molecule has 0 bridgehead atoms. The van der Waals surface area contributed by atoms with E-state index in [9.17, 15) is 22.9 Å². The van der Waals surface area contributed by atoms with Crippen LogP contribution < -0.4 is 10.1 Å². The number of nitrogens with one attached hydrogen (secondary N) is 1. The molecule has 45 heavy (non-hydrogen) atoms. The smallest absolute Gasteiger partial charge is 0.407 e. The van der Waals surface area contributed by atoms with Gasteiger partial charge in [-0.2, -0.15) is 4.31 Å². The third-order valence-electron chi connectivity index (χ3n) is 8.49. The lowest BCUT2D eigenvalue weighted by atomic mass is 9.96. The SMILES string of the molecule is COc1ccc(S(=O)(=O)N(CC(C)C)C[C@@H](O)[C@H](CC2=CCN(CCP(C)(C)=O)CC2)NC(=O)O[C@H]2CO[C@H]3OCC[C@H]32)cc1. The molecule has 3 aliphatic rings. The highest BCUT2D eigenvalue weighted by atomic mass is 32.2. The number of hydrogen-bond donors (Lipinski definition) is 2. The van der Waals surface area contributed by atoms with Crippen molar-refractivity contribution in [2.75, 3.05) is 72.5 Å². The van der Waals surface area contributed by atoms with Gasteiger partial charge in [-0.25, -0.2) is 13.2 Å². The Morgan fingerprint density at radius 2 is 1.93 bits per heavy atom. The Labute approximate surface area is 267 Å². The van der Waals surface area contributed by atoms with Crippen molar-refractivity contribution in [2.45, 2.75) is 62.5 Å². The van der Waals surface area contributed by atoms with Gasteiger partial charge in [-0.3, -0.25) is 4.90 Å². The van der Waals surface area contributed by atoms with Gasteiger partial charge >= 0.3 is 6.09 Å². The van der Waals surface area contributed by atoms with Gasteiger partial charge in [0, 0.05) is 38.9 Å². The fourth-order valence-electron chi connectivity index (χ4n) is 5.87. The lowest BCUT2D eigenvalue weighted by Crippen LogP contribution is -2.51. The number of sulfonamides is 1. The molecular weight excluding hydrogens is 621 g/mol. The van der Waals surface area contributed by atoms with E-state index in [1.807, 2.05) is 13.8 Å². The third-order valence-corrected chi connectivity index (χ3v) is 11.6. The molecule has 3 aliphatic heterocycles. The van der Waals surface area contributed by atoms with Crippen LogP contribution in [0.3, 0.4) is 0 Å². The van der Waals surface area contributed by atoms with Gasteiger partial charge in [-0.05, 0) is 62.8 Å². The monoisotopic (exact) mass is 671 g/mol. The number of methoxy groups -OCH3 is 1. The van der Waals surface area contributed by atoms with Crippen molar-refractivity contribution in [1.82, 2.24) is 14.5 Å². The number of aliphatic hydroxyl groups is 1. The van der Waals surface area contributed by atoms with E-state index in [4.69, 9.17) is 18.9 Å². The summed E-state index contributed by atoms with van der Waals surface area (Å²) in [6.07, 6.45) is 1.77. The quantitative estimate of drug-likeness (QED) is 0.211. The summed E-state index contributed by atoms with van der Waals surface area (Å²) in [5.74, 6) is 0.482. The summed E-state index contributed by atoms with van der Waals surface area (Å²) in [7, 11) is -4.57. The van der Waals surface area contributed by atoms with Gasteiger partial charge in [0.2, 0.25) is 10.0 Å². The second-order valence-electron chi connectivity index (χ2n) is 13.1. The highest BCUT2D eigenvalue weighted by Crippen LogP contribution is 2.35. The first kappa shape index (κ1) is 35.9. The molecule has 14 heteroatoms. The molecule has 0 spiro atoms. The number of fused-ring (bicyclic) bond motifs is 1. The van der Waals surface area contributed by atoms with Crippen LogP contribution in [0, 0.1) is 11.8 Å². The normalized spacial score (nSPS) is 23.9. The maximum Gasteiger partial charge on any atom is 0.407 e. The van der Waals surface area contributed by atoms with E-state index in [2.05, 4.69) is 16.3 Å². The maximum atomic E-state index is 13.7. The van der Waals surface area contributed by atoms with Crippen LogP contribution in [0.15, 0.2) is 40.8 Å². The second kappa shape index (κ2) is 15.7. The molecule has 0 radical (unpaired) electrons. The highest BCUT2D eigenvalue weighted by molar-refractivity contribution is 7.89. The molecule has 254 valence electrons. The van der Waals surface area contributed by atoms with Crippen molar-refractivity contribution >= 4 is 23.3 Å². The summed E-state index contributed by atoms with van der Waals surface area (Å²) in [6, 6.07) is 5.34. The van der Waals surface area contributed by atoms with Crippen LogP contribution in [-0.4, -0.2) is 126 Å². The van der Waals surface area contributed by atoms with Crippen LogP contribution in [0.1, 0.15) is 33.1 Å². The Morgan fingerprint density at radius 3 is 2.56 bits per heavy atom. The Hall–Kier alpha value is -1.99. The van der Waals surface area contributed by atoms with Crippen LogP contribution in [0.2, 0.25) is 0 Å². The molecule has 1 aromatic carbocycles. The first-order chi connectivity index (χ1) is 21.2. The minimum Gasteiger partial charge on any atom is -0.497 e. The van der Waals surface area contributed by atoms with Crippen LogP contribution >= 0.6 is 7.14 Å². The average molecular weight is 672 g/mol. The van der Waals surface area contributed by atoms with Crippen molar-refractivity contribution in [2.24, 2.45) is 11.8 Å². The number of rotatable bonds is 15. The van der Waals surface area contributed by atoms with Crippen molar-refractivity contribution < 1.29 is 41.8 Å². The molecule has 12 nitrogen and oxygen atoms in total. The first-order valence-corrected chi connectivity index (χ1v) is 19.9. The number of carbonyl (C=O) groups is 1. The summed E-state index contributed by atoms with van der Waals surface area (Å²) in [5.41, 5.74) is 1.05. The van der Waals surface area contributed by atoms with Crippen molar-refractivity contribution in [1.29, 1.82) is 0 Å². The second-order valence-corrected chi connectivity index (χ2v) is 18.6. The number of benzene rings is 1. The van der Waals surface area contributed by atoms with Crippen molar-refractivity contribution in [3.63, 3.8) is 0 Å². The number of alkyl carbamates (subject to hydrolysis) is 1. The molecule has 3 heterocycles. The first-order valence-electron chi connectivity index (χ1n) is 15.7. The molecule has 2 saturated heterocycles. The molecule has 1 amide bonds. The summed E-state index contributed by atoms with van der Waals surface area (Å²) >= 11 is 0. The van der Waals surface area contributed by atoms with E-state index in [0.717, 1.165) is 31.5 Å². The molecule has 5 atom stereocenters. The summed E-state index contributed by atoms with van der Waals surface area (Å²) in [5, 5.41) is 14.4. The van der Waals surface area contributed by atoms with E-state index < -0.39 is 41.5 Å². The van der Waals surface area contributed by atoms with E-state index in [1.54, 1.807) is 25.5 Å². The molecule has 0 aromatic heterocycles. The number of aliphatic hydroxyl groups excluding tert-OH is 1. The molecule has 2 fully saturated rings. The zero-order valence-corrected chi connectivity index (χ0v) is 28.8. The van der Waals surface area contributed by atoms with Crippen molar-refractivity contribution in [3.05, 3.63) is 35.9 Å². The zero-order chi connectivity index (χ0) is 32.8. The lowest BCUT2D eigenvalue weighted by molar-refractivity contribution is -0.0907. The van der Waals surface area contributed by atoms with E-state index in [1.165, 1.54) is 23.5 Å². The fraction of sp³-hybridized carbons (Fsp3) is 0.710. The Balaban J connectivity index is 1.49. The minimum absolute atomic E-state index is 0.0147. The van der Waals surface area contributed by atoms with E-state index in [-0.39, 0.29) is 42.7 Å². The van der Waals surface area contributed by atoms with Gasteiger partial charge in [-0.15, -0.1) is 0 Å². The summed E-state index contributed by atoms with van der Waals surface area (Å²) in [4.78, 5) is 15.5. The van der Waals surface area contributed by atoms with Crippen LogP contribution in [0.5, 0.6) is 5.75 Å². The van der Waals surface area contributed by atoms with Gasteiger partial charge in [0.05, 0.1) is 50.4 Å². The Morgan fingerprint density at radius 1 is 1.20 bits per heavy atom. The average Bonchev–Trinajstić information content (AvgIpc) is 3.60. The van der Waals surface area contributed by atoms with E-state index >= 15 is 0 Å². The van der Waals surface area contributed by atoms with Crippen LogP contribution in [0.25, 0.3) is 0 Å². The van der Waals surface area contributed by atoms with Gasteiger partial charge < -0.3 is 33.9 Å². The van der Waals surface area contributed by atoms with Gasteiger partial charge in [-0.1, -0.05) is 25.5 Å². The number of ether oxygens (including phenoxy) is 4. The van der Waals surface area contributed by atoms with Crippen LogP contribution in [0.4, 0.5) is 4.79 Å². The number of hydrogen-bond acceptors (Lipinski definition) is 10. The van der Waals surface area contributed by atoms with Crippen molar-refractivity contribution in [3.8, 4) is 5.75 Å². The third kappa shape index (κ3) is 10.2. The molecule has 0 saturated carbocycles. The van der Waals surface area contributed by atoms with Gasteiger partial charge in [0.25, 0.3) is 0 Å². The fourth-order valence-corrected chi connectivity index (χ4v) is 8.26. The van der Waals surface area contributed by atoms with Gasteiger partial charge in [0.1, 0.15) is 11.9 Å². The minimum atomic E-state index is -3.97. The topological polar surface area (TPSA) is 144 Å². The molecule has 4 rings (SSSR count). The predicted molar refractivity (Wildman–Crippen MR) is 172 cm³/mol. The summed E-state index contributed by atoms with van der Waals surface area (Å²) in [6.45, 7) is 10.4. The largest absolute Gasteiger partial charge is 0.497 e. The number of nitrogens with zero attached hydrogens (tertiary/aromatic N) is 2. The number of carbonyl (C=O) groups excluding carboxylic acids is 1. The molecule has 2 N–H and O–H groups in total. The Kier molecular flexibility index (Phi) is 12.5. The summed E-state index contributed by atoms with van der Waals surface area (Å²) < 4.78 is 63.0. The zero-order valence-electron chi connectivity index (χ0n) is 27.1. The van der Waals surface area contributed by atoms with E-state index in [0.29, 0.717) is 31.5 Å². The highest BCUT2D eigenvalue weighted by Gasteiger charge is 2.44. The Bertz CT molecular complexity index is 1320. The maximum absolute atomic E-state index is 13.7. The number of amides is 1. The molecule has 0 aliphatic carbocycles. The predicted octanol–water partition coefficient (Wildman–Crippen LogP) is 3.20. The molecular formula is C31H50N3O9PS. The standard InChI is InChI=1S/C31H50N3O9PS/c1-22(2)19-34(45(38,39)25-8-6-24(40-3)7-9-25)20-28(35)27(18-23-10-13-33(14-11-23)15-17-44(4,5)37)32-31(36)43-29-21-42-30-26(29)12-16-41-30/h6-10,22,26-30,35H,11-21H2,1-5H3,(H,32,36)/t26-,27-,28+,29-,30+/m0/s1. The molecule has 1 aromatic rings. The van der Waals surface area contributed by atoms with Crippen LogP contribution in [-0.2, 0) is 28.8 Å². The molecule has 0 unspecified atom stereocenters. The van der Waals surface area contributed by atoms with Gasteiger partial charge in [0.15, 0.2) is 6.29 Å². The lowest BCUT2D eigenvalue weighted by Gasteiger charge is -2.33.